The Morgan fingerprint density at radius 3 is 3.17 bits per heavy atom. The lowest BCUT2D eigenvalue weighted by molar-refractivity contribution is 0.993. The predicted molar refractivity (Wildman–Crippen MR) is 52.3 cm³/mol. The number of hydrogen-bond acceptors (Lipinski definition) is 1. The SMILES string of the molecule is [CH2]CCc1ccc2c(c1)CCN2. The summed E-state index contributed by atoms with van der Waals surface area (Å²) in [4.78, 5) is 0. The molecular weight excluding hydrogens is 146 g/mol. The van der Waals surface area contributed by atoms with E-state index in [1.54, 1.807) is 0 Å². The molecule has 0 amide bonds. The number of rotatable bonds is 2. The summed E-state index contributed by atoms with van der Waals surface area (Å²) >= 11 is 0. The molecule has 1 heteroatoms. The topological polar surface area (TPSA) is 12.0 Å². The Labute approximate surface area is 73.8 Å². The van der Waals surface area contributed by atoms with Crippen molar-refractivity contribution in [3.8, 4) is 0 Å². The van der Waals surface area contributed by atoms with E-state index in [0.29, 0.717) is 0 Å². The zero-order valence-electron chi connectivity index (χ0n) is 7.27. The van der Waals surface area contributed by atoms with Crippen molar-refractivity contribution in [3.63, 3.8) is 0 Å². The van der Waals surface area contributed by atoms with Crippen LogP contribution in [-0.2, 0) is 12.8 Å². The van der Waals surface area contributed by atoms with E-state index in [0.717, 1.165) is 19.4 Å². The zero-order valence-corrected chi connectivity index (χ0v) is 7.27. The monoisotopic (exact) mass is 160 g/mol. The van der Waals surface area contributed by atoms with Crippen molar-refractivity contribution in [1.29, 1.82) is 0 Å². The first-order valence-electron chi connectivity index (χ1n) is 4.55. The van der Waals surface area contributed by atoms with Crippen molar-refractivity contribution >= 4 is 5.69 Å². The maximum absolute atomic E-state index is 3.86. The Kier molecular flexibility index (Phi) is 2.03. The summed E-state index contributed by atoms with van der Waals surface area (Å²) in [5, 5.41) is 3.35. The van der Waals surface area contributed by atoms with Crippen LogP contribution in [0.15, 0.2) is 18.2 Å². The molecule has 1 aliphatic rings. The van der Waals surface area contributed by atoms with Gasteiger partial charge in [0.1, 0.15) is 0 Å². The van der Waals surface area contributed by atoms with Gasteiger partial charge in [-0.05, 0) is 36.5 Å². The predicted octanol–water partition coefficient (Wildman–Crippen LogP) is 2.42. The van der Waals surface area contributed by atoms with Gasteiger partial charge in [-0.25, -0.2) is 0 Å². The minimum atomic E-state index is 0.992. The van der Waals surface area contributed by atoms with Crippen molar-refractivity contribution in [1.82, 2.24) is 0 Å². The van der Waals surface area contributed by atoms with E-state index in [-0.39, 0.29) is 0 Å². The Bertz CT molecular complexity index is 278. The average Bonchev–Trinajstić information content (AvgIpc) is 2.51. The quantitative estimate of drug-likeness (QED) is 0.700. The van der Waals surface area contributed by atoms with Gasteiger partial charge in [0.15, 0.2) is 0 Å². The number of benzene rings is 1. The first kappa shape index (κ1) is 7.66. The fourth-order valence-corrected chi connectivity index (χ4v) is 1.72. The van der Waals surface area contributed by atoms with E-state index in [1.165, 1.54) is 23.2 Å². The second kappa shape index (κ2) is 3.18. The summed E-state index contributed by atoms with van der Waals surface area (Å²) in [6.07, 6.45) is 3.28. The molecule has 1 nitrogen and oxygen atoms in total. The second-order valence-corrected chi connectivity index (χ2v) is 3.27. The highest BCUT2D eigenvalue weighted by atomic mass is 14.9. The third-order valence-electron chi connectivity index (χ3n) is 2.34. The highest BCUT2D eigenvalue weighted by Crippen LogP contribution is 2.23. The molecule has 0 fully saturated rings. The summed E-state index contributed by atoms with van der Waals surface area (Å²) in [6, 6.07) is 6.69. The molecule has 0 aromatic heterocycles. The summed E-state index contributed by atoms with van der Waals surface area (Å²) in [5.74, 6) is 0. The van der Waals surface area contributed by atoms with Gasteiger partial charge in [-0.2, -0.15) is 0 Å². The molecule has 1 heterocycles. The van der Waals surface area contributed by atoms with Crippen molar-refractivity contribution in [2.75, 3.05) is 11.9 Å². The molecule has 0 saturated heterocycles. The largest absolute Gasteiger partial charge is 0.384 e. The van der Waals surface area contributed by atoms with Gasteiger partial charge in [0.05, 0.1) is 0 Å². The van der Waals surface area contributed by atoms with E-state index >= 15 is 0 Å². The van der Waals surface area contributed by atoms with Gasteiger partial charge in [0, 0.05) is 12.2 Å². The van der Waals surface area contributed by atoms with Gasteiger partial charge >= 0.3 is 0 Å². The lowest BCUT2D eigenvalue weighted by atomic mass is 10.1. The molecule has 0 saturated carbocycles. The summed E-state index contributed by atoms with van der Waals surface area (Å²) in [7, 11) is 0. The molecule has 0 spiro atoms. The molecule has 0 unspecified atom stereocenters. The maximum atomic E-state index is 3.86. The Hall–Kier alpha value is -0.980. The molecule has 0 atom stereocenters. The highest BCUT2D eigenvalue weighted by Gasteiger charge is 2.08. The van der Waals surface area contributed by atoms with Crippen LogP contribution in [0.1, 0.15) is 17.5 Å². The van der Waals surface area contributed by atoms with E-state index in [9.17, 15) is 0 Å². The van der Waals surface area contributed by atoms with E-state index in [4.69, 9.17) is 0 Å². The number of aryl methyl sites for hydroxylation is 1. The van der Waals surface area contributed by atoms with Crippen LogP contribution in [0.3, 0.4) is 0 Å². The second-order valence-electron chi connectivity index (χ2n) is 3.27. The van der Waals surface area contributed by atoms with E-state index < -0.39 is 0 Å². The van der Waals surface area contributed by atoms with Crippen molar-refractivity contribution < 1.29 is 0 Å². The minimum Gasteiger partial charge on any atom is -0.384 e. The lowest BCUT2D eigenvalue weighted by Gasteiger charge is -2.02. The van der Waals surface area contributed by atoms with Crippen molar-refractivity contribution in [2.45, 2.75) is 19.3 Å². The van der Waals surface area contributed by atoms with Gasteiger partial charge in [-0.3, -0.25) is 0 Å². The van der Waals surface area contributed by atoms with Crippen LogP contribution in [0.5, 0.6) is 0 Å². The molecule has 63 valence electrons. The highest BCUT2D eigenvalue weighted by molar-refractivity contribution is 5.56. The van der Waals surface area contributed by atoms with Crippen LogP contribution >= 0.6 is 0 Å². The third kappa shape index (κ3) is 1.31. The van der Waals surface area contributed by atoms with E-state index in [2.05, 4.69) is 30.4 Å². The van der Waals surface area contributed by atoms with Crippen LogP contribution < -0.4 is 5.32 Å². The number of hydrogen-bond donors (Lipinski definition) is 1. The molecular formula is C11H14N. The van der Waals surface area contributed by atoms with Crippen LogP contribution in [0.25, 0.3) is 0 Å². The molecule has 0 aliphatic carbocycles. The average molecular weight is 160 g/mol. The number of fused-ring (bicyclic) bond motifs is 1. The molecule has 1 aromatic carbocycles. The Morgan fingerprint density at radius 1 is 1.42 bits per heavy atom. The van der Waals surface area contributed by atoms with Gasteiger partial charge in [-0.1, -0.05) is 19.1 Å². The van der Waals surface area contributed by atoms with Crippen molar-refractivity contribution in [2.24, 2.45) is 0 Å². The fourth-order valence-electron chi connectivity index (χ4n) is 1.72. The van der Waals surface area contributed by atoms with Gasteiger partial charge in [0.25, 0.3) is 0 Å². The van der Waals surface area contributed by atoms with Crippen LogP contribution in [0.4, 0.5) is 5.69 Å². The Balaban J connectivity index is 2.26. The molecule has 2 rings (SSSR count). The normalized spacial score (nSPS) is 14.1. The summed E-state index contributed by atoms with van der Waals surface area (Å²) in [6.45, 7) is 4.96. The molecule has 0 bridgehead atoms. The zero-order chi connectivity index (χ0) is 8.39. The lowest BCUT2D eigenvalue weighted by Crippen LogP contribution is -1.90. The maximum Gasteiger partial charge on any atom is 0.0373 e. The summed E-state index contributed by atoms with van der Waals surface area (Å²) < 4.78 is 0. The van der Waals surface area contributed by atoms with Crippen LogP contribution in [0, 0.1) is 6.92 Å². The molecule has 1 radical (unpaired) electrons. The molecule has 1 N–H and O–H groups in total. The van der Waals surface area contributed by atoms with Gasteiger partial charge in [-0.15, -0.1) is 0 Å². The van der Waals surface area contributed by atoms with Gasteiger partial charge < -0.3 is 5.32 Å². The molecule has 1 aromatic rings. The van der Waals surface area contributed by atoms with Crippen LogP contribution in [-0.4, -0.2) is 6.54 Å². The number of anilines is 1. The fraction of sp³-hybridized carbons (Fsp3) is 0.364. The minimum absolute atomic E-state index is 0.992. The first-order valence-corrected chi connectivity index (χ1v) is 4.55. The first-order chi connectivity index (χ1) is 5.90. The van der Waals surface area contributed by atoms with Crippen molar-refractivity contribution in [3.05, 3.63) is 36.2 Å². The summed E-state index contributed by atoms with van der Waals surface area (Å²) in [5.41, 5.74) is 4.22. The van der Waals surface area contributed by atoms with Gasteiger partial charge in [0.2, 0.25) is 0 Å². The molecule has 12 heavy (non-hydrogen) atoms. The van der Waals surface area contributed by atoms with Crippen LogP contribution in [0.2, 0.25) is 0 Å². The van der Waals surface area contributed by atoms with E-state index in [1.807, 2.05) is 0 Å². The standard InChI is InChI=1S/C11H14N/c1-2-3-9-4-5-11-10(8-9)6-7-12-11/h4-5,8,12H,1-3,6-7H2. The smallest absolute Gasteiger partial charge is 0.0373 e. The molecule has 1 aliphatic heterocycles. The third-order valence-corrected chi connectivity index (χ3v) is 2.34. The number of nitrogens with one attached hydrogen (secondary N) is 1. The Morgan fingerprint density at radius 2 is 2.33 bits per heavy atom.